The number of hydrogen-bond donors (Lipinski definition) is 2. The highest BCUT2D eigenvalue weighted by atomic mass is 16.3. The first kappa shape index (κ1) is 26.7. The minimum absolute atomic E-state index is 0.0162. The Morgan fingerprint density at radius 3 is 2.64 bits per heavy atom. The molecule has 5 rings (SSSR count). The summed E-state index contributed by atoms with van der Waals surface area (Å²) >= 11 is 0. The fourth-order valence-electron chi connectivity index (χ4n) is 5.87. The van der Waals surface area contributed by atoms with Crippen molar-refractivity contribution in [2.24, 2.45) is 0 Å². The zero-order valence-electron chi connectivity index (χ0n) is 22.8. The quantitative estimate of drug-likeness (QED) is 0.382. The van der Waals surface area contributed by atoms with E-state index in [0.717, 1.165) is 50.8 Å². The Balaban J connectivity index is 1.20. The predicted molar refractivity (Wildman–Crippen MR) is 154 cm³/mol. The van der Waals surface area contributed by atoms with Crippen LogP contribution in [0.25, 0.3) is 11.0 Å². The van der Waals surface area contributed by atoms with Gasteiger partial charge in [0.2, 0.25) is 5.91 Å². The molecule has 1 atom stereocenters. The highest BCUT2D eigenvalue weighted by molar-refractivity contribution is 5.93. The molecule has 0 bridgehead atoms. The van der Waals surface area contributed by atoms with Crippen molar-refractivity contribution >= 4 is 28.5 Å². The van der Waals surface area contributed by atoms with E-state index in [1.165, 1.54) is 22.8 Å². The number of hydrogen-bond acceptors (Lipinski definition) is 5. The van der Waals surface area contributed by atoms with Crippen LogP contribution in [-0.2, 0) is 11.3 Å². The number of likely N-dealkylation sites (tertiary alicyclic amines) is 1. The van der Waals surface area contributed by atoms with E-state index in [-0.39, 0.29) is 23.1 Å². The Hall–Kier alpha value is -3.87. The maximum Gasteiger partial charge on any atom is 0.287 e. The largest absolute Gasteiger partial charge is 0.451 e. The predicted octanol–water partition coefficient (Wildman–Crippen LogP) is 5.75. The van der Waals surface area contributed by atoms with Crippen LogP contribution in [0.5, 0.6) is 0 Å². The van der Waals surface area contributed by atoms with Gasteiger partial charge in [-0.3, -0.25) is 14.4 Å². The molecular weight excluding hydrogens is 490 g/mol. The molecule has 2 amide bonds. The summed E-state index contributed by atoms with van der Waals surface area (Å²) in [5.41, 5.74) is 4.92. The SMILES string of the molecule is CNc1ccc2oc(C(=O)NC(C)C=C3CCC(c4ccccc4CN4CCCCC4=O)CC3)cc(=O)c2c1. The molecule has 1 aliphatic carbocycles. The van der Waals surface area contributed by atoms with Gasteiger partial charge in [-0.1, -0.05) is 35.9 Å². The molecular formula is C32H37N3O4. The Bertz CT molecular complexity index is 1450. The van der Waals surface area contributed by atoms with Gasteiger partial charge in [-0.15, -0.1) is 0 Å². The molecule has 0 spiro atoms. The van der Waals surface area contributed by atoms with Crippen LogP contribution in [0.15, 0.2) is 69.4 Å². The molecule has 2 N–H and O–H groups in total. The smallest absolute Gasteiger partial charge is 0.287 e. The van der Waals surface area contributed by atoms with E-state index in [9.17, 15) is 14.4 Å². The number of nitrogens with one attached hydrogen (secondary N) is 2. The molecule has 2 aromatic carbocycles. The summed E-state index contributed by atoms with van der Waals surface area (Å²) in [7, 11) is 1.78. The van der Waals surface area contributed by atoms with Crippen LogP contribution in [0, 0.1) is 0 Å². The van der Waals surface area contributed by atoms with Crippen LogP contribution in [0.2, 0.25) is 0 Å². The van der Waals surface area contributed by atoms with Crippen LogP contribution in [0.1, 0.15) is 79.5 Å². The van der Waals surface area contributed by atoms with Gasteiger partial charge in [0.1, 0.15) is 5.58 Å². The van der Waals surface area contributed by atoms with Crippen LogP contribution >= 0.6 is 0 Å². The summed E-state index contributed by atoms with van der Waals surface area (Å²) in [6.07, 6.45) is 8.93. The topological polar surface area (TPSA) is 91.7 Å². The molecule has 204 valence electrons. The Labute approximate surface area is 229 Å². The zero-order valence-corrected chi connectivity index (χ0v) is 22.8. The van der Waals surface area contributed by atoms with Crippen LogP contribution < -0.4 is 16.1 Å². The van der Waals surface area contributed by atoms with E-state index in [4.69, 9.17) is 4.42 Å². The Kier molecular flexibility index (Phi) is 8.15. The van der Waals surface area contributed by atoms with Crippen molar-refractivity contribution < 1.29 is 14.0 Å². The summed E-state index contributed by atoms with van der Waals surface area (Å²) in [6, 6.07) is 14.9. The first-order valence-electron chi connectivity index (χ1n) is 14.0. The molecule has 2 heterocycles. The minimum Gasteiger partial charge on any atom is -0.451 e. The van der Waals surface area contributed by atoms with Gasteiger partial charge in [-0.2, -0.15) is 0 Å². The molecule has 39 heavy (non-hydrogen) atoms. The zero-order chi connectivity index (χ0) is 27.4. The summed E-state index contributed by atoms with van der Waals surface area (Å²) < 4.78 is 5.75. The molecule has 2 fully saturated rings. The summed E-state index contributed by atoms with van der Waals surface area (Å²) in [6.45, 7) is 3.51. The number of nitrogens with zero attached hydrogens (tertiary/aromatic N) is 1. The lowest BCUT2D eigenvalue weighted by Gasteiger charge is -2.30. The lowest BCUT2D eigenvalue weighted by atomic mass is 9.79. The fourth-order valence-corrected chi connectivity index (χ4v) is 5.87. The number of allylic oxidation sites excluding steroid dienone is 1. The molecule has 7 heteroatoms. The average Bonchev–Trinajstić information content (AvgIpc) is 2.95. The van der Waals surface area contributed by atoms with Crippen LogP contribution in [0.3, 0.4) is 0 Å². The third-order valence-corrected chi connectivity index (χ3v) is 7.99. The fraction of sp³-hybridized carbons (Fsp3) is 0.406. The molecule has 1 aliphatic heterocycles. The number of piperidine rings is 1. The molecule has 3 aromatic rings. The standard InChI is InChI=1S/C32H37N3O4/c1-21(34-32(38)30-19-28(36)27-18-25(33-2)14-15-29(27)39-30)17-22-10-12-23(13-11-22)26-8-4-3-7-24(26)20-35-16-6-5-9-31(35)37/h3-4,7-8,14-15,17-19,21,23,33H,5-6,9-13,16,20H2,1-2H3,(H,34,38). The van der Waals surface area contributed by atoms with Gasteiger partial charge >= 0.3 is 0 Å². The van der Waals surface area contributed by atoms with Crippen molar-refractivity contribution in [3.8, 4) is 0 Å². The van der Waals surface area contributed by atoms with Crippen LogP contribution in [-0.4, -0.2) is 36.3 Å². The van der Waals surface area contributed by atoms with E-state index in [2.05, 4.69) is 41.0 Å². The summed E-state index contributed by atoms with van der Waals surface area (Å²) in [5.74, 6) is 0.360. The average molecular weight is 528 g/mol. The van der Waals surface area contributed by atoms with Crippen LogP contribution in [0.4, 0.5) is 5.69 Å². The van der Waals surface area contributed by atoms with Gasteiger partial charge < -0.3 is 20.0 Å². The van der Waals surface area contributed by atoms with Crippen molar-refractivity contribution in [3.63, 3.8) is 0 Å². The third kappa shape index (κ3) is 6.24. The lowest BCUT2D eigenvalue weighted by molar-refractivity contribution is -0.133. The first-order chi connectivity index (χ1) is 18.9. The molecule has 1 aromatic heterocycles. The van der Waals surface area contributed by atoms with E-state index in [1.807, 2.05) is 17.9 Å². The summed E-state index contributed by atoms with van der Waals surface area (Å²) in [4.78, 5) is 39.8. The van der Waals surface area contributed by atoms with Crippen molar-refractivity contribution in [1.29, 1.82) is 0 Å². The normalized spacial score (nSPS) is 18.6. The Morgan fingerprint density at radius 1 is 1.08 bits per heavy atom. The maximum absolute atomic E-state index is 12.9. The highest BCUT2D eigenvalue weighted by Crippen LogP contribution is 2.37. The monoisotopic (exact) mass is 527 g/mol. The second-order valence-electron chi connectivity index (χ2n) is 10.8. The van der Waals surface area contributed by atoms with Crippen molar-refractivity contribution in [3.05, 3.63) is 87.3 Å². The van der Waals surface area contributed by atoms with Crippen molar-refractivity contribution in [2.45, 2.75) is 70.4 Å². The van der Waals surface area contributed by atoms with E-state index < -0.39 is 5.91 Å². The van der Waals surface area contributed by atoms with Gasteiger partial charge in [-0.25, -0.2) is 0 Å². The third-order valence-electron chi connectivity index (χ3n) is 7.99. The number of carbonyl (C=O) groups is 2. The van der Waals surface area contributed by atoms with E-state index in [1.54, 1.807) is 19.2 Å². The summed E-state index contributed by atoms with van der Waals surface area (Å²) in [5, 5.41) is 6.40. The van der Waals surface area contributed by atoms with Gasteiger partial charge in [0.05, 0.1) is 5.39 Å². The van der Waals surface area contributed by atoms with Gasteiger partial charge in [0.15, 0.2) is 11.2 Å². The van der Waals surface area contributed by atoms with Gasteiger partial charge in [0, 0.05) is 44.4 Å². The second-order valence-corrected chi connectivity index (χ2v) is 10.8. The van der Waals surface area contributed by atoms with E-state index >= 15 is 0 Å². The molecule has 1 unspecified atom stereocenters. The Morgan fingerprint density at radius 2 is 1.87 bits per heavy atom. The molecule has 2 aliphatic rings. The number of benzene rings is 2. The highest BCUT2D eigenvalue weighted by Gasteiger charge is 2.24. The van der Waals surface area contributed by atoms with Crippen molar-refractivity contribution in [1.82, 2.24) is 10.2 Å². The lowest BCUT2D eigenvalue weighted by Crippen LogP contribution is -2.35. The van der Waals surface area contributed by atoms with Gasteiger partial charge in [-0.05, 0) is 80.7 Å². The number of fused-ring (bicyclic) bond motifs is 1. The number of rotatable bonds is 7. The molecule has 7 nitrogen and oxygen atoms in total. The number of anilines is 1. The number of amides is 2. The maximum atomic E-state index is 12.9. The first-order valence-corrected chi connectivity index (χ1v) is 14.0. The van der Waals surface area contributed by atoms with Gasteiger partial charge in [0.25, 0.3) is 5.91 Å². The second kappa shape index (κ2) is 11.9. The molecule has 1 saturated heterocycles. The molecule has 1 saturated carbocycles. The number of carbonyl (C=O) groups excluding carboxylic acids is 2. The van der Waals surface area contributed by atoms with Crippen molar-refractivity contribution in [2.75, 3.05) is 18.9 Å². The minimum atomic E-state index is -0.397. The molecule has 0 radical (unpaired) electrons. The van der Waals surface area contributed by atoms with E-state index in [0.29, 0.717) is 29.9 Å².